The summed E-state index contributed by atoms with van der Waals surface area (Å²) in [6, 6.07) is 6.69. The predicted molar refractivity (Wildman–Crippen MR) is 97.2 cm³/mol. The highest BCUT2D eigenvalue weighted by Gasteiger charge is 2.61. The molecule has 1 aromatic heterocycles. The molecule has 0 aliphatic heterocycles. The van der Waals surface area contributed by atoms with Gasteiger partial charge in [-0.15, -0.1) is 0 Å². The lowest BCUT2D eigenvalue weighted by atomic mass is 10.1. The van der Waals surface area contributed by atoms with Crippen molar-refractivity contribution in [3.8, 4) is 5.75 Å². The highest BCUT2D eigenvalue weighted by Crippen LogP contribution is 2.37. The second kappa shape index (κ2) is 8.64. The highest BCUT2D eigenvalue weighted by molar-refractivity contribution is 5.96. The average molecular weight is 431 g/mol. The maximum absolute atomic E-state index is 12.9. The van der Waals surface area contributed by atoms with E-state index in [1.54, 1.807) is 13.8 Å². The fourth-order valence-electron chi connectivity index (χ4n) is 2.44. The fourth-order valence-corrected chi connectivity index (χ4v) is 2.44. The molecular formula is C19H18F5N3O3. The van der Waals surface area contributed by atoms with Gasteiger partial charge < -0.3 is 15.4 Å². The molecule has 0 saturated heterocycles. The van der Waals surface area contributed by atoms with Crippen LogP contribution in [0.5, 0.6) is 5.75 Å². The molecule has 1 heterocycles. The molecule has 0 radical (unpaired) electrons. The third kappa shape index (κ3) is 5.88. The monoisotopic (exact) mass is 431 g/mol. The van der Waals surface area contributed by atoms with Crippen molar-refractivity contribution in [3.63, 3.8) is 0 Å². The molecule has 0 saturated carbocycles. The molecule has 2 amide bonds. The highest BCUT2D eigenvalue weighted by atomic mass is 19.4. The summed E-state index contributed by atoms with van der Waals surface area (Å²) in [6.45, 7) is 4.53. The van der Waals surface area contributed by atoms with E-state index in [1.165, 1.54) is 31.2 Å². The van der Waals surface area contributed by atoms with Gasteiger partial charge in [0.25, 0.3) is 5.91 Å². The van der Waals surface area contributed by atoms with Gasteiger partial charge in [0.05, 0.1) is 6.04 Å². The lowest BCUT2D eigenvalue weighted by molar-refractivity contribution is -0.360. The Morgan fingerprint density at radius 2 is 1.67 bits per heavy atom. The number of carbonyl (C=O) groups excluding carboxylic acids is 2. The molecule has 1 atom stereocenters. The normalized spacial score (nSPS) is 12.8. The SMILES string of the molecule is CC(=O)Nc1cc(C(=O)NC(C)c2ccc(OC(F)(F)C(F)(F)F)cc2)cc(C)n1. The number of pyridine rings is 1. The minimum absolute atomic E-state index is 0.201. The van der Waals surface area contributed by atoms with Gasteiger partial charge in [-0.3, -0.25) is 9.59 Å². The summed E-state index contributed by atoms with van der Waals surface area (Å²) in [5.74, 6) is -1.33. The van der Waals surface area contributed by atoms with Crippen molar-refractivity contribution < 1.29 is 36.3 Å². The van der Waals surface area contributed by atoms with Crippen LogP contribution in [-0.4, -0.2) is 29.1 Å². The lowest BCUT2D eigenvalue weighted by Crippen LogP contribution is -2.41. The van der Waals surface area contributed by atoms with E-state index < -0.39 is 30.0 Å². The number of aromatic nitrogens is 1. The molecule has 0 aliphatic rings. The number of rotatable bonds is 6. The van der Waals surface area contributed by atoms with E-state index in [4.69, 9.17) is 0 Å². The summed E-state index contributed by atoms with van der Waals surface area (Å²) in [6.07, 6.45) is -11.2. The van der Waals surface area contributed by atoms with E-state index in [-0.39, 0.29) is 17.3 Å². The molecule has 0 bridgehead atoms. The van der Waals surface area contributed by atoms with Crippen LogP contribution in [0.3, 0.4) is 0 Å². The minimum Gasteiger partial charge on any atom is -0.426 e. The molecule has 0 fully saturated rings. The van der Waals surface area contributed by atoms with Gasteiger partial charge in [-0.2, -0.15) is 22.0 Å². The van der Waals surface area contributed by atoms with Crippen molar-refractivity contribution in [3.05, 3.63) is 53.2 Å². The topological polar surface area (TPSA) is 80.3 Å². The van der Waals surface area contributed by atoms with E-state index in [2.05, 4.69) is 20.4 Å². The average Bonchev–Trinajstić information content (AvgIpc) is 2.59. The number of nitrogens with zero attached hydrogens (tertiary/aromatic N) is 1. The van der Waals surface area contributed by atoms with Crippen LogP contribution in [0.1, 0.15) is 41.5 Å². The van der Waals surface area contributed by atoms with E-state index in [0.717, 1.165) is 12.1 Å². The molecule has 6 nitrogen and oxygen atoms in total. The van der Waals surface area contributed by atoms with E-state index in [1.807, 2.05) is 0 Å². The van der Waals surface area contributed by atoms with Crippen LogP contribution >= 0.6 is 0 Å². The molecular weight excluding hydrogens is 413 g/mol. The molecule has 0 aliphatic carbocycles. The molecule has 1 unspecified atom stereocenters. The number of nitrogens with one attached hydrogen (secondary N) is 2. The summed E-state index contributed by atoms with van der Waals surface area (Å²) in [5.41, 5.74) is 1.16. The number of halogens is 5. The Balaban J connectivity index is 2.09. The smallest absolute Gasteiger partial charge is 0.426 e. The van der Waals surface area contributed by atoms with Crippen molar-refractivity contribution in [2.75, 3.05) is 5.32 Å². The molecule has 2 rings (SSSR count). The first-order valence-electron chi connectivity index (χ1n) is 8.59. The molecule has 11 heteroatoms. The first-order chi connectivity index (χ1) is 13.8. The van der Waals surface area contributed by atoms with E-state index >= 15 is 0 Å². The molecule has 0 spiro atoms. The van der Waals surface area contributed by atoms with Gasteiger partial charge in [0.1, 0.15) is 11.6 Å². The Morgan fingerprint density at radius 3 is 2.20 bits per heavy atom. The van der Waals surface area contributed by atoms with E-state index in [9.17, 15) is 31.5 Å². The van der Waals surface area contributed by atoms with E-state index in [0.29, 0.717) is 11.3 Å². The largest absolute Gasteiger partial charge is 0.499 e. The van der Waals surface area contributed by atoms with Crippen molar-refractivity contribution in [2.24, 2.45) is 0 Å². The molecule has 30 heavy (non-hydrogen) atoms. The van der Waals surface area contributed by atoms with Crippen molar-refractivity contribution in [1.82, 2.24) is 10.3 Å². The van der Waals surface area contributed by atoms with Crippen LogP contribution in [0.2, 0.25) is 0 Å². The van der Waals surface area contributed by atoms with Gasteiger partial charge in [0, 0.05) is 18.2 Å². The number of aryl methyl sites for hydroxylation is 1. The van der Waals surface area contributed by atoms with Crippen LogP contribution in [0.25, 0.3) is 0 Å². The van der Waals surface area contributed by atoms with Crippen LogP contribution in [0.4, 0.5) is 27.8 Å². The number of anilines is 1. The van der Waals surface area contributed by atoms with Crippen LogP contribution in [0, 0.1) is 6.92 Å². The Labute approximate surface area is 168 Å². The second-order valence-electron chi connectivity index (χ2n) is 6.44. The Bertz CT molecular complexity index is 930. The van der Waals surface area contributed by atoms with Crippen molar-refractivity contribution in [2.45, 2.75) is 39.1 Å². The quantitative estimate of drug-likeness (QED) is 0.666. The maximum Gasteiger partial charge on any atom is 0.499 e. The fraction of sp³-hybridized carbons (Fsp3) is 0.316. The summed E-state index contributed by atoms with van der Waals surface area (Å²) < 4.78 is 66.2. The van der Waals surface area contributed by atoms with Crippen molar-refractivity contribution in [1.29, 1.82) is 0 Å². The van der Waals surface area contributed by atoms with Crippen LogP contribution in [0.15, 0.2) is 36.4 Å². The number of hydrogen-bond acceptors (Lipinski definition) is 4. The Kier molecular flexibility index (Phi) is 6.63. The summed E-state index contributed by atoms with van der Waals surface area (Å²) in [4.78, 5) is 27.7. The zero-order chi connectivity index (χ0) is 22.7. The number of amides is 2. The predicted octanol–water partition coefficient (Wildman–Crippen LogP) is 4.37. The number of benzene rings is 1. The maximum atomic E-state index is 12.9. The number of carbonyl (C=O) groups is 2. The van der Waals surface area contributed by atoms with Gasteiger partial charge in [-0.25, -0.2) is 4.98 Å². The van der Waals surface area contributed by atoms with Gasteiger partial charge in [-0.1, -0.05) is 12.1 Å². The molecule has 2 aromatic rings. The lowest BCUT2D eigenvalue weighted by Gasteiger charge is -2.20. The second-order valence-corrected chi connectivity index (χ2v) is 6.44. The third-order valence-electron chi connectivity index (χ3n) is 3.82. The van der Waals surface area contributed by atoms with Gasteiger partial charge >= 0.3 is 12.3 Å². The third-order valence-corrected chi connectivity index (χ3v) is 3.82. The van der Waals surface area contributed by atoms with Gasteiger partial charge in [0.15, 0.2) is 0 Å². The first-order valence-corrected chi connectivity index (χ1v) is 8.59. The van der Waals surface area contributed by atoms with Crippen molar-refractivity contribution >= 4 is 17.6 Å². The van der Waals surface area contributed by atoms with Gasteiger partial charge in [-0.05, 0) is 43.7 Å². The minimum atomic E-state index is -5.84. The number of alkyl halides is 5. The first kappa shape index (κ1) is 23.0. The van der Waals surface area contributed by atoms with Crippen LogP contribution in [-0.2, 0) is 4.79 Å². The zero-order valence-corrected chi connectivity index (χ0v) is 16.1. The Morgan fingerprint density at radius 1 is 1.07 bits per heavy atom. The van der Waals surface area contributed by atoms with Gasteiger partial charge in [0.2, 0.25) is 5.91 Å². The van der Waals surface area contributed by atoms with Crippen LogP contribution < -0.4 is 15.4 Å². The summed E-state index contributed by atoms with van der Waals surface area (Å²) >= 11 is 0. The molecule has 162 valence electrons. The summed E-state index contributed by atoms with van der Waals surface area (Å²) in [5, 5.41) is 5.14. The number of hydrogen-bond donors (Lipinski definition) is 2. The Hall–Kier alpha value is -3.24. The summed E-state index contributed by atoms with van der Waals surface area (Å²) in [7, 11) is 0. The molecule has 1 aromatic carbocycles. The standard InChI is InChI=1S/C19H18F5N3O3/c1-10-8-14(9-16(25-10)27-12(3)28)17(29)26-11(2)13-4-6-15(7-5-13)30-19(23,24)18(20,21)22/h4-9,11H,1-3H3,(H,26,29)(H,25,27,28). The zero-order valence-electron chi connectivity index (χ0n) is 16.1. The molecule has 2 N–H and O–H groups in total. The number of ether oxygens (including phenoxy) is 1.